The van der Waals surface area contributed by atoms with E-state index in [-0.39, 0.29) is 5.41 Å². The Morgan fingerprint density at radius 2 is 2.05 bits per heavy atom. The quantitative estimate of drug-likeness (QED) is 0.785. The fourth-order valence-electron chi connectivity index (χ4n) is 2.42. The monoisotopic (exact) mass is 306 g/mol. The van der Waals surface area contributed by atoms with Gasteiger partial charge in [-0.2, -0.15) is 0 Å². The van der Waals surface area contributed by atoms with Gasteiger partial charge in [0.15, 0.2) is 5.13 Å². The number of thiazole rings is 1. The summed E-state index contributed by atoms with van der Waals surface area (Å²) < 4.78 is 0. The smallest absolute Gasteiger partial charge is 0.187 e. The summed E-state index contributed by atoms with van der Waals surface area (Å²) in [5.41, 5.74) is 3.76. The molecule has 106 valence electrons. The molecule has 1 aromatic heterocycles. The molecule has 0 radical (unpaired) electrons. The molecule has 1 aliphatic carbocycles. The molecular formula is C16H19ClN2S. The van der Waals surface area contributed by atoms with Crippen molar-refractivity contribution in [2.75, 3.05) is 5.32 Å². The Kier molecular flexibility index (Phi) is 3.51. The maximum Gasteiger partial charge on any atom is 0.187 e. The van der Waals surface area contributed by atoms with Gasteiger partial charge in [-0.3, -0.25) is 0 Å². The molecule has 3 rings (SSSR count). The largest absolute Gasteiger partial charge is 0.331 e. The zero-order valence-electron chi connectivity index (χ0n) is 12.0. The van der Waals surface area contributed by atoms with Crippen LogP contribution in [0.2, 0.25) is 5.02 Å². The van der Waals surface area contributed by atoms with Gasteiger partial charge in [-0.25, -0.2) is 4.98 Å². The van der Waals surface area contributed by atoms with Gasteiger partial charge in [-0.05, 0) is 41.4 Å². The molecule has 20 heavy (non-hydrogen) atoms. The van der Waals surface area contributed by atoms with Crippen LogP contribution in [0.25, 0.3) is 0 Å². The Morgan fingerprint density at radius 1 is 1.30 bits per heavy atom. The van der Waals surface area contributed by atoms with Gasteiger partial charge in [0, 0.05) is 22.3 Å². The lowest BCUT2D eigenvalue weighted by atomic mass is 9.84. The Hall–Kier alpha value is -1.06. The standard InChI is InChI=1S/C16H19ClN2S/c1-16(2,3)12-8-11(10-4-5-10)13(17)9-14(12)19-15-18-6-7-20-15/h6-10H,4-5H2,1-3H3,(H,18,19). The van der Waals surface area contributed by atoms with Gasteiger partial charge < -0.3 is 5.32 Å². The average molecular weight is 307 g/mol. The van der Waals surface area contributed by atoms with E-state index in [2.05, 4.69) is 43.2 Å². The zero-order valence-corrected chi connectivity index (χ0v) is 13.6. The van der Waals surface area contributed by atoms with Crippen molar-refractivity contribution < 1.29 is 0 Å². The van der Waals surface area contributed by atoms with E-state index in [0.29, 0.717) is 5.92 Å². The third-order valence-electron chi connectivity index (χ3n) is 3.64. The van der Waals surface area contributed by atoms with Crippen molar-refractivity contribution in [3.05, 3.63) is 39.9 Å². The van der Waals surface area contributed by atoms with E-state index < -0.39 is 0 Å². The molecule has 2 aromatic rings. The van der Waals surface area contributed by atoms with E-state index in [4.69, 9.17) is 11.6 Å². The molecule has 0 atom stereocenters. The maximum absolute atomic E-state index is 6.47. The summed E-state index contributed by atoms with van der Waals surface area (Å²) in [7, 11) is 0. The highest BCUT2D eigenvalue weighted by Gasteiger charge is 2.29. The third kappa shape index (κ3) is 2.84. The number of halogens is 1. The van der Waals surface area contributed by atoms with Gasteiger partial charge in [0.25, 0.3) is 0 Å². The van der Waals surface area contributed by atoms with Gasteiger partial charge in [0.05, 0.1) is 0 Å². The Balaban J connectivity index is 2.04. The molecule has 1 N–H and O–H groups in total. The van der Waals surface area contributed by atoms with Gasteiger partial charge in [0.1, 0.15) is 0 Å². The lowest BCUT2D eigenvalue weighted by Crippen LogP contribution is -2.14. The molecule has 1 heterocycles. The van der Waals surface area contributed by atoms with Crippen LogP contribution in [0.5, 0.6) is 0 Å². The predicted molar refractivity (Wildman–Crippen MR) is 87.5 cm³/mol. The molecule has 0 bridgehead atoms. The minimum absolute atomic E-state index is 0.0772. The predicted octanol–water partition coefficient (Wildman–Crippen LogP) is 5.72. The Bertz CT molecular complexity index is 610. The maximum atomic E-state index is 6.47. The van der Waals surface area contributed by atoms with Gasteiger partial charge >= 0.3 is 0 Å². The van der Waals surface area contributed by atoms with Crippen molar-refractivity contribution >= 4 is 33.8 Å². The molecule has 1 aromatic carbocycles. The molecule has 2 nitrogen and oxygen atoms in total. The number of nitrogens with one attached hydrogen (secondary N) is 1. The van der Waals surface area contributed by atoms with Crippen LogP contribution < -0.4 is 5.32 Å². The fourth-order valence-corrected chi connectivity index (χ4v) is 3.28. The lowest BCUT2D eigenvalue weighted by Gasteiger charge is -2.24. The van der Waals surface area contributed by atoms with Crippen molar-refractivity contribution in [2.45, 2.75) is 44.9 Å². The van der Waals surface area contributed by atoms with E-state index in [1.54, 1.807) is 11.3 Å². The molecule has 1 saturated carbocycles. The van der Waals surface area contributed by atoms with Gasteiger partial charge in [-0.1, -0.05) is 38.4 Å². The fraction of sp³-hybridized carbons (Fsp3) is 0.438. The van der Waals surface area contributed by atoms with E-state index in [1.165, 1.54) is 24.0 Å². The second-order valence-corrected chi connectivity index (χ2v) is 7.71. The Morgan fingerprint density at radius 3 is 2.60 bits per heavy atom. The van der Waals surface area contributed by atoms with Crippen molar-refractivity contribution in [3.63, 3.8) is 0 Å². The number of anilines is 2. The van der Waals surface area contributed by atoms with E-state index in [9.17, 15) is 0 Å². The third-order valence-corrected chi connectivity index (χ3v) is 4.65. The second-order valence-electron chi connectivity index (χ2n) is 6.41. The van der Waals surface area contributed by atoms with Gasteiger partial charge in [0.2, 0.25) is 0 Å². The van der Waals surface area contributed by atoms with Crippen molar-refractivity contribution in [2.24, 2.45) is 0 Å². The van der Waals surface area contributed by atoms with Crippen LogP contribution in [0, 0.1) is 0 Å². The van der Waals surface area contributed by atoms with Crippen LogP contribution in [0.1, 0.15) is 50.7 Å². The highest BCUT2D eigenvalue weighted by molar-refractivity contribution is 7.13. The topological polar surface area (TPSA) is 24.9 Å². The number of benzene rings is 1. The lowest BCUT2D eigenvalue weighted by molar-refractivity contribution is 0.591. The average Bonchev–Trinajstić information content (AvgIpc) is 3.06. The molecule has 0 aliphatic heterocycles. The molecule has 4 heteroatoms. The van der Waals surface area contributed by atoms with Crippen LogP contribution in [0.15, 0.2) is 23.7 Å². The second kappa shape index (κ2) is 5.05. The first-order valence-electron chi connectivity index (χ1n) is 6.95. The molecular weight excluding hydrogens is 288 g/mol. The molecule has 0 spiro atoms. The summed E-state index contributed by atoms with van der Waals surface area (Å²) in [6, 6.07) is 4.35. The summed E-state index contributed by atoms with van der Waals surface area (Å²) in [5, 5.41) is 7.16. The summed E-state index contributed by atoms with van der Waals surface area (Å²) in [5.74, 6) is 0.664. The van der Waals surface area contributed by atoms with Crippen LogP contribution >= 0.6 is 22.9 Å². The van der Waals surface area contributed by atoms with Crippen LogP contribution in [-0.2, 0) is 5.41 Å². The number of aromatic nitrogens is 1. The van der Waals surface area contributed by atoms with E-state index in [1.807, 2.05) is 11.6 Å². The minimum atomic E-state index is 0.0772. The van der Waals surface area contributed by atoms with Crippen molar-refractivity contribution in [3.8, 4) is 0 Å². The van der Waals surface area contributed by atoms with Crippen LogP contribution in [0.4, 0.5) is 10.8 Å². The van der Waals surface area contributed by atoms with E-state index >= 15 is 0 Å². The molecule has 0 amide bonds. The van der Waals surface area contributed by atoms with E-state index in [0.717, 1.165) is 15.8 Å². The van der Waals surface area contributed by atoms with Gasteiger partial charge in [-0.15, -0.1) is 11.3 Å². The normalized spacial score (nSPS) is 15.4. The summed E-state index contributed by atoms with van der Waals surface area (Å²) >= 11 is 8.07. The molecule has 1 aliphatic rings. The summed E-state index contributed by atoms with van der Waals surface area (Å²) in [4.78, 5) is 4.30. The van der Waals surface area contributed by atoms with Crippen LogP contribution in [-0.4, -0.2) is 4.98 Å². The first-order valence-corrected chi connectivity index (χ1v) is 8.21. The molecule has 0 unspecified atom stereocenters. The highest BCUT2D eigenvalue weighted by atomic mass is 35.5. The number of rotatable bonds is 3. The molecule has 0 saturated heterocycles. The number of hydrogen-bond donors (Lipinski definition) is 1. The Labute approximate surface area is 129 Å². The van der Waals surface area contributed by atoms with Crippen molar-refractivity contribution in [1.82, 2.24) is 4.98 Å². The number of nitrogens with zero attached hydrogens (tertiary/aromatic N) is 1. The van der Waals surface area contributed by atoms with Crippen LogP contribution in [0.3, 0.4) is 0 Å². The van der Waals surface area contributed by atoms with Crippen molar-refractivity contribution in [1.29, 1.82) is 0 Å². The summed E-state index contributed by atoms with van der Waals surface area (Å²) in [6.45, 7) is 6.71. The SMILES string of the molecule is CC(C)(C)c1cc(C2CC2)c(Cl)cc1Nc1nccs1. The summed E-state index contributed by atoms with van der Waals surface area (Å²) in [6.07, 6.45) is 4.34. The zero-order chi connectivity index (χ0) is 14.3. The first-order chi connectivity index (χ1) is 9.45. The molecule has 1 fully saturated rings. The highest BCUT2D eigenvalue weighted by Crippen LogP contribution is 2.46. The number of hydrogen-bond acceptors (Lipinski definition) is 3. The minimum Gasteiger partial charge on any atom is -0.331 e. The first kappa shape index (κ1) is 13.9.